The number of morpholine rings is 1. The molecule has 1 aromatic carbocycles. The van der Waals surface area contributed by atoms with Crippen molar-refractivity contribution in [2.24, 2.45) is 11.8 Å². The molecule has 37 heavy (non-hydrogen) atoms. The number of unbranched alkanes of at least 4 members (excludes halogenated alkanes) is 1. The van der Waals surface area contributed by atoms with Gasteiger partial charge in [-0.05, 0) is 48.8 Å². The lowest BCUT2D eigenvalue weighted by Gasteiger charge is -2.26. The molecule has 1 N–H and O–H groups in total. The van der Waals surface area contributed by atoms with Crippen LogP contribution in [0.4, 0.5) is 5.95 Å². The van der Waals surface area contributed by atoms with E-state index in [2.05, 4.69) is 34.9 Å². The molecule has 0 bridgehead atoms. The molecule has 0 amide bonds. The lowest BCUT2D eigenvalue weighted by atomic mass is 9.83. The molecule has 2 aromatic heterocycles. The van der Waals surface area contributed by atoms with Crippen LogP contribution in [0.25, 0.3) is 22.2 Å². The van der Waals surface area contributed by atoms with E-state index in [0.717, 1.165) is 54.0 Å². The zero-order valence-corrected chi connectivity index (χ0v) is 22.8. The van der Waals surface area contributed by atoms with Gasteiger partial charge in [0.1, 0.15) is 5.65 Å². The van der Waals surface area contributed by atoms with Crippen molar-refractivity contribution < 1.29 is 13.2 Å². The molecule has 1 aliphatic heterocycles. The lowest BCUT2D eigenvalue weighted by molar-refractivity contribution is 0.0730. The van der Waals surface area contributed by atoms with Gasteiger partial charge in [-0.15, -0.1) is 0 Å². The molecule has 3 aromatic rings. The molecule has 1 saturated heterocycles. The molecule has 5 rings (SSSR count). The zero-order valence-electron chi connectivity index (χ0n) is 22.0. The molecule has 1 saturated carbocycles. The molecule has 200 valence electrons. The number of hydrogen-bond acceptors (Lipinski definition) is 6. The Morgan fingerprint density at radius 3 is 2.51 bits per heavy atom. The summed E-state index contributed by atoms with van der Waals surface area (Å²) in [5, 5.41) is 4.36. The maximum atomic E-state index is 13.1. The maximum Gasteiger partial charge on any atom is 0.243 e. The SMILES string of the molecule is CCCCNc1ncc2c(-c3ccc(S(=O)(=O)N4CCOCC4)cc3)cn(C[C@H]3CC[C@H](C)CC3)c2n1. The highest BCUT2D eigenvalue weighted by atomic mass is 32.2. The number of benzene rings is 1. The Bertz CT molecular complexity index is 1290. The van der Waals surface area contributed by atoms with Crippen LogP contribution in [0.5, 0.6) is 0 Å². The van der Waals surface area contributed by atoms with Crippen LogP contribution in [0.2, 0.25) is 0 Å². The lowest BCUT2D eigenvalue weighted by Crippen LogP contribution is -2.40. The Morgan fingerprint density at radius 2 is 1.81 bits per heavy atom. The van der Waals surface area contributed by atoms with E-state index in [0.29, 0.717) is 43.1 Å². The summed E-state index contributed by atoms with van der Waals surface area (Å²) in [6.45, 7) is 7.98. The summed E-state index contributed by atoms with van der Waals surface area (Å²) in [4.78, 5) is 9.84. The smallest absolute Gasteiger partial charge is 0.243 e. The number of fused-ring (bicyclic) bond motifs is 1. The molecule has 0 radical (unpaired) electrons. The van der Waals surface area contributed by atoms with E-state index in [1.165, 1.54) is 30.0 Å². The molecule has 0 atom stereocenters. The predicted octanol–water partition coefficient (Wildman–Crippen LogP) is 5.16. The van der Waals surface area contributed by atoms with Gasteiger partial charge in [0.2, 0.25) is 16.0 Å². The fourth-order valence-corrected chi connectivity index (χ4v) is 6.84. The van der Waals surface area contributed by atoms with Crippen LogP contribution in [0.3, 0.4) is 0 Å². The van der Waals surface area contributed by atoms with E-state index >= 15 is 0 Å². The molecule has 8 nitrogen and oxygen atoms in total. The van der Waals surface area contributed by atoms with Gasteiger partial charge in [0.25, 0.3) is 0 Å². The largest absolute Gasteiger partial charge is 0.379 e. The van der Waals surface area contributed by atoms with Crippen LogP contribution in [0, 0.1) is 11.8 Å². The predicted molar refractivity (Wildman–Crippen MR) is 147 cm³/mol. The van der Waals surface area contributed by atoms with Gasteiger partial charge in [-0.1, -0.05) is 45.2 Å². The van der Waals surface area contributed by atoms with E-state index in [9.17, 15) is 8.42 Å². The third-order valence-corrected chi connectivity index (χ3v) is 9.71. The summed E-state index contributed by atoms with van der Waals surface area (Å²) in [5.74, 6) is 2.13. The average molecular weight is 526 g/mol. The average Bonchev–Trinajstić information content (AvgIpc) is 3.28. The van der Waals surface area contributed by atoms with Crippen molar-refractivity contribution in [1.29, 1.82) is 0 Å². The first-order valence-corrected chi connectivity index (χ1v) is 15.2. The van der Waals surface area contributed by atoms with Crippen molar-refractivity contribution in [3.05, 3.63) is 36.7 Å². The third-order valence-electron chi connectivity index (χ3n) is 7.79. The van der Waals surface area contributed by atoms with Crippen LogP contribution in [-0.2, 0) is 21.3 Å². The van der Waals surface area contributed by atoms with Crippen LogP contribution in [0.1, 0.15) is 52.4 Å². The Balaban J connectivity index is 1.45. The maximum absolute atomic E-state index is 13.1. The molecule has 1 aliphatic carbocycles. The molecule has 0 unspecified atom stereocenters. The first-order chi connectivity index (χ1) is 18.0. The Kier molecular flexibility index (Phi) is 8.12. The van der Waals surface area contributed by atoms with Gasteiger partial charge in [0, 0.05) is 49.5 Å². The van der Waals surface area contributed by atoms with Crippen molar-refractivity contribution in [3.8, 4) is 11.1 Å². The highest BCUT2D eigenvalue weighted by Gasteiger charge is 2.26. The summed E-state index contributed by atoms with van der Waals surface area (Å²) < 4.78 is 35.3. The minimum Gasteiger partial charge on any atom is -0.379 e. The second-order valence-electron chi connectivity index (χ2n) is 10.6. The van der Waals surface area contributed by atoms with E-state index < -0.39 is 10.0 Å². The summed E-state index contributed by atoms with van der Waals surface area (Å²) in [5.41, 5.74) is 2.94. The van der Waals surface area contributed by atoms with E-state index in [1.807, 2.05) is 18.3 Å². The highest BCUT2D eigenvalue weighted by molar-refractivity contribution is 7.89. The number of nitrogens with zero attached hydrogens (tertiary/aromatic N) is 4. The van der Waals surface area contributed by atoms with Crippen LogP contribution >= 0.6 is 0 Å². The molecule has 2 fully saturated rings. The van der Waals surface area contributed by atoms with Gasteiger partial charge in [-0.3, -0.25) is 0 Å². The summed E-state index contributed by atoms with van der Waals surface area (Å²) in [6, 6.07) is 7.24. The minimum absolute atomic E-state index is 0.317. The zero-order chi connectivity index (χ0) is 25.8. The number of rotatable bonds is 9. The van der Waals surface area contributed by atoms with Gasteiger partial charge in [0.15, 0.2) is 0 Å². The molecule has 2 aliphatic rings. The Labute approximate surface area is 220 Å². The van der Waals surface area contributed by atoms with Crippen molar-refractivity contribution in [1.82, 2.24) is 18.8 Å². The number of aromatic nitrogens is 3. The topological polar surface area (TPSA) is 89.4 Å². The number of ether oxygens (including phenoxy) is 1. The third kappa shape index (κ3) is 5.84. The van der Waals surface area contributed by atoms with Gasteiger partial charge < -0.3 is 14.6 Å². The van der Waals surface area contributed by atoms with E-state index in [4.69, 9.17) is 9.72 Å². The van der Waals surface area contributed by atoms with Gasteiger partial charge in [-0.25, -0.2) is 13.4 Å². The molecule has 9 heteroatoms. The minimum atomic E-state index is -3.52. The molecule has 3 heterocycles. The highest BCUT2D eigenvalue weighted by Crippen LogP contribution is 2.34. The monoisotopic (exact) mass is 525 g/mol. The molecule has 0 spiro atoms. The van der Waals surface area contributed by atoms with E-state index in [-0.39, 0.29) is 0 Å². The Hall–Kier alpha value is -2.49. The van der Waals surface area contributed by atoms with Gasteiger partial charge in [-0.2, -0.15) is 9.29 Å². The fraction of sp³-hybridized carbons (Fsp3) is 0.571. The quantitative estimate of drug-likeness (QED) is 0.388. The second kappa shape index (κ2) is 11.5. The summed E-state index contributed by atoms with van der Waals surface area (Å²) in [6.07, 6.45) is 11.3. The first-order valence-electron chi connectivity index (χ1n) is 13.7. The van der Waals surface area contributed by atoms with Crippen molar-refractivity contribution in [3.63, 3.8) is 0 Å². The Morgan fingerprint density at radius 1 is 1.08 bits per heavy atom. The number of sulfonamides is 1. The van der Waals surface area contributed by atoms with Gasteiger partial charge in [0.05, 0.1) is 18.1 Å². The van der Waals surface area contributed by atoms with Crippen molar-refractivity contribution >= 4 is 27.0 Å². The van der Waals surface area contributed by atoms with Crippen molar-refractivity contribution in [2.45, 2.75) is 63.8 Å². The first kappa shape index (κ1) is 26.1. The van der Waals surface area contributed by atoms with Crippen LogP contribution < -0.4 is 5.32 Å². The number of anilines is 1. The standard InChI is InChI=1S/C28H39N5O3S/c1-3-4-13-29-28-30-18-25-26(20-32(27(25)31-28)19-22-7-5-21(2)6-8-22)23-9-11-24(12-10-23)37(34,35)33-14-16-36-17-15-33/h9-12,18,20-22H,3-8,13-17,19H2,1-2H3,(H,29,30,31)/t21-,22-. The normalized spacial score (nSPS) is 21.4. The fourth-order valence-electron chi connectivity index (χ4n) is 5.43. The molecular weight excluding hydrogens is 486 g/mol. The number of hydrogen-bond donors (Lipinski definition) is 1. The van der Waals surface area contributed by atoms with E-state index in [1.54, 1.807) is 12.1 Å². The summed E-state index contributed by atoms with van der Waals surface area (Å²) >= 11 is 0. The second-order valence-corrected chi connectivity index (χ2v) is 12.5. The number of nitrogens with one attached hydrogen (secondary N) is 1. The van der Waals surface area contributed by atoms with Crippen molar-refractivity contribution in [2.75, 3.05) is 38.2 Å². The van der Waals surface area contributed by atoms with Gasteiger partial charge >= 0.3 is 0 Å². The molecular formula is C28H39N5O3S. The van der Waals surface area contributed by atoms with Crippen LogP contribution in [-0.4, -0.2) is 60.1 Å². The van der Waals surface area contributed by atoms with Crippen LogP contribution in [0.15, 0.2) is 41.6 Å². The summed E-state index contributed by atoms with van der Waals surface area (Å²) in [7, 11) is -3.52.